The minimum Gasteiger partial charge on any atom is -0.457 e. The fourth-order valence-corrected chi connectivity index (χ4v) is 3.78. The second-order valence-electron chi connectivity index (χ2n) is 9.17. The molecule has 1 heterocycles. The van der Waals surface area contributed by atoms with Gasteiger partial charge in [0.25, 0.3) is 5.91 Å². The van der Waals surface area contributed by atoms with E-state index >= 15 is 0 Å². The van der Waals surface area contributed by atoms with E-state index in [0.29, 0.717) is 43.5 Å². The maximum Gasteiger partial charge on any atom is 0.274 e. The molecule has 3 unspecified atom stereocenters. The summed E-state index contributed by atoms with van der Waals surface area (Å²) in [7, 11) is 1.41. The number of para-hydroxylation sites is 1. The van der Waals surface area contributed by atoms with E-state index in [9.17, 15) is 19.5 Å². The molecule has 0 aliphatic carbocycles. The number of morpholine rings is 1. The van der Waals surface area contributed by atoms with Gasteiger partial charge in [-0.2, -0.15) is 0 Å². The third kappa shape index (κ3) is 7.42. The maximum absolute atomic E-state index is 13.4. The van der Waals surface area contributed by atoms with Gasteiger partial charge in [0.05, 0.1) is 18.8 Å². The van der Waals surface area contributed by atoms with E-state index in [0.717, 1.165) is 0 Å². The molecule has 0 spiro atoms. The van der Waals surface area contributed by atoms with Crippen molar-refractivity contribution in [2.75, 3.05) is 38.7 Å². The molecule has 3 rings (SSSR count). The van der Waals surface area contributed by atoms with Crippen molar-refractivity contribution in [3.05, 3.63) is 54.6 Å². The van der Waals surface area contributed by atoms with Gasteiger partial charge in [0.2, 0.25) is 11.8 Å². The Morgan fingerprint density at radius 2 is 1.58 bits per heavy atom. The van der Waals surface area contributed by atoms with Crippen LogP contribution >= 0.6 is 0 Å². The number of ether oxygens (including phenoxy) is 3. The van der Waals surface area contributed by atoms with Crippen molar-refractivity contribution < 1.29 is 38.9 Å². The molecular formula is C26H34N4O8. The summed E-state index contributed by atoms with van der Waals surface area (Å²) in [5.41, 5.74) is 0.593. The van der Waals surface area contributed by atoms with Crippen molar-refractivity contribution in [3.8, 4) is 11.5 Å². The molecule has 0 bridgehead atoms. The quantitative estimate of drug-likeness (QED) is 0.210. The molecule has 12 heteroatoms. The Balaban J connectivity index is 1.80. The number of aliphatic hydroxyl groups excluding tert-OH is 1. The summed E-state index contributed by atoms with van der Waals surface area (Å²) in [5, 5.41) is 25.0. The molecule has 38 heavy (non-hydrogen) atoms. The lowest BCUT2D eigenvalue weighted by atomic mass is 9.95. The highest BCUT2D eigenvalue weighted by Gasteiger charge is 2.42. The number of hydroxylamine groups is 1. The predicted molar refractivity (Wildman–Crippen MR) is 137 cm³/mol. The molecule has 1 fully saturated rings. The van der Waals surface area contributed by atoms with Crippen LogP contribution in [0, 0.1) is 0 Å². The summed E-state index contributed by atoms with van der Waals surface area (Å²) in [6, 6.07) is 12.9. The zero-order valence-corrected chi connectivity index (χ0v) is 21.5. The average Bonchev–Trinajstić information content (AvgIpc) is 2.95. The zero-order chi connectivity index (χ0) is 27.7. The highest BCUT2D eigenvalue weighted by atomic mass is 16.5. The summed E-state index contributed by atoms with van der Waals surface area (Å²) in [6.45, 7) is 4.70. The van der Waals surface area contributed by atoms with Crippen LogP contribution in [0.3, 0.4) is 0 Å². The first-order valence-corrected chi connectivity index (χ1v) is 12.1. The van der Waals surface area contributed by atoms with Crippen molar-refractivity contribution in [3.63, 3.8) is 0 Å². The fourth-order valence-electron chi connectivity index (χ4n) is 3.78. The van der Waals surface area contributed by atoms with E-state index in [2.05, 4.69) is 10.6 Å². The largest absolute Gasteiger partial charge is 0.457 e. The van der Waals surface area contributed by atoms with Gasteiger partial charge in [-0.05, 0) is 50.2 Å². The van der Waals surface area contributed by atoms with Gasteiger partial charge in [-0.1, -0.05) is 18.2 Å². The number of rotatable bonds is 11. The van der Waals surface area contributed by atoms with Gasteiger partial charge in [0.1, 0.15) is 23.6 Å². The monoisotopic (exact) mass is 530 g/mol. The molecule has 5 N–H and O–H groups in total. The highest BCUT2D eigenvalue weighted by Crippen LogP contribution is 2.24. The topological polar surface area (TPSA) is 159 Å². The van der Waals surface area contributed by atoms with Crippen LogP contribution in [-0.4, -0.2) is 90.1 Å². The molecule has 1 aliphatic rings. The van der Waals surface area contributed by atoms with Gasteiger partial charge < -0.3 is 34.9 Å². The minimum absolute atomic E-state index is 0.347. The standard InChI is InChI=1S/C26H34N4O8/c1-26(2,36-3)22(25(34)30-13-15-37-16-14-30)28-23(32)20(21(31)24(33)29-35)27-17-9-11-19(12-10-17)38-18-7-5-4-6-8-18/h4-12,20-22,27,31,35H,13-16H2,1-3H3,(H,28,32)(H,29,33). The van der Waals surface area contributed by atoms with Crippen molar-refractivity contribution >= 4 is 23.4 Å². The Hall–Kier alpha value is -3.71. The SMILES string of the molecule is COC(C)(C)C(NC(=O)C(Nc1ccc(Oc2ccccc2)cc1)C(O)C(=O)NO)C(=O)N1CCOCC1. The van der Waals surface area contributed by atoms with E-state index < -0.39 is 41.5 Å². The van der Waals surface area contributed by atoms with Crippen molar-refractivity contribution in [1.82, 2.24) is 15.7 Å². The normalized spacial score (nSPS) is 16.1. The van der Waals surface area contributed by atoms with E-state index in [1.165, 1.54) is 12.6 Å². The van der Waals surface area contributed by atoms with Gasteiger partial charge >= 0.3 is 0 Å². The Kier molecular flexibility index (Phi) is 10.0. The first-order valence-electron chi connectivity index (χ1n) is 12.1. The van der Waals surface area contributed by atoms with Crippen molar-refractivity contribution in [2.24, 2.45) is 0 Å². The Bertz CT molecular complexity index is 1070. The molecule has 0 aromatic heterocycles. The summed E-state index contributed by atoms with van der Waals surface area (Å²) >= 11 is 0. The number of amides is 3. The Morgan fingerprint density at radius 1 is 0.974 bits per heavy atom. The number of nitrogens with one attached hydrogen (secondary N) is 3. The van der Waals surface area contributed by atoms with Gasteiger partial charge in [0.15, 0.2) is 6.10 Å². The van der Waals surface area contributed by atoms with Crippen molar-refractivity contribution in [1.29, 1.82) is 0 Å². The summed E-state index contributed by atoms with van der Waals surface area (Å²) in [6.07, 6.45) is -2.00. The van der Waals surface area contributed by atoms with Gasteiger partial charge in [-0.25, -0.2) is 5.48 Å². The molecule has 0 radical (unpaired) electrons. The van der Waals surface area contributed by atoms with Crippen LogP contribution in [0.15, 0.2) is 54.6 Å². The molecule has 3 amide bonds. The lowest BCUT2D eigenvalue weighted by Crippen LogP contribution is -2.64. The van der Waals surface area contributed by atoms with Crippen LogP contribution in [0.2, 0.25) is 0 Å². The summed E-state index contributed by atoms with van der Waals surface area (Å²) < 4.78 is 16.6. The predicted octanol–water partition coefficient (Wildman–Crippen LogP) is 0.894. The summed E-state index contributed by atoms with van der Waals surface area (Å²) in [4.78, 5) is 40.4. The first-order chi connectivity index (χ1) is 18.2. The number of methoxy groups -OCH3 is 1. The fraction of sp³-hybridized carbons (Fsp3) is 0.423. The molecule has 3 atom stereocenters. The molecule has 0 saturated carbocycles. The molecule has 1 aliphatic heterocycles. The van der Waals surface area contributed by atoms with Crippen LogP contribution in [0.25, 0.3) is 0 Å². The number of aliphatic hydroxyl groups is 1. The maximum atomic E-state index is 13.4. The summed E-state index contributed by atoms with van der Waals surface area (Å²) in [5.74, 6) is -1.30. The zero-order valence-electron chi connectivity index (χ0n) is 21.5. The number of carbonyl (C=O) groups excluding carboxylic acids is 3. The van der Waals surface area contributed by atoms with E-state index in [1.807, 2.05) is 18.2 Å². The van der Waals surface area contributed by atoms with Crippen LogP contribution in [0.1, 0.15) is 13.8 Å². The van der Waals surface area contributed by atoms with E-state index in [-0.39, 0.29) is 0 Å². The van der Waals surface area contributed by atoms with E-state index in [1.54, 1.807) is 55.1 Å². The number of nitrogens with zero attached hydrogens (tertiary/aromatic N) is 1. The lowest BCUT2D eigenvalue weighted by Gasteiger charge is -2.38. The van der Waals surface area contributed by atoms with Crippen LogP contribution < -0.4 is 20.9 Å². The number of carbonyl (C=O) groups is 3. The number of anilines is 1. The smallest absolute Gasteiger partial charge is 0.274 e. The number of benzene rings is 2. The average molecular weight is 531 g/mol. The second-order valence-corrected chi connectivity index (χ2v) is 9.17. The van der Waals surface area contributed by atoms with Crippen molar-refractivity contribution in [2.45, 2.75) is 37.6 Å². The third-order valence-corrected chi connectivity index (χ3v) is 6.21. The van der Waals surface area contributed by atoms with E-state index in [4.69, 9.17) is 19.4 Å². The van der Waals surface area contributed by atoms with Gasteiger partial charge in [-0.3, -0.25) is 19.6 Å². The Labute approximate surface area is 220 Å². The molecule has 1 saturated heterocycles. The lowest BCUT2D eigenvalue weighted by molar-refractivity contribution is -0.149. The number of hydrogen-bond acceptors (Lipinski definition) is 9. The van der Waals surface area contributed by atoms with Gasteiger partial charge in [0, 0.05) is 25.9 Å². The molecule has 2 aromatic rings. The molecular weight excluding hydrogens is 496 g/mol. The minimum atomic E-state index is -2.00. The van der Waals surface area contributed by atoms with Crippen LogP contribution in [-0.2, 0) is 23.9 Å². The molecule has 12 nitrogen and oxygen atoms in total. The van der Waals surface area contributed by atoms with Crippen LogP contribution in [0.5, 0.6) is 11.5 Å². The third-order valence-electron chi connectivity index (χ3n) is 6.21. The molecule has 2 aromatic carbocycles. The molecule has 206 valence electrons. The second kappa shape index (κ2) is 13.2. The first kappa shape index (κ1) is 28.9. The van der Waals surface area contributed by atoms with Gasteiger partial charge in [-0.15, -0.1) is 0 Å². The highest BCUT2D eigenvalue weighted by molar-refractivity contribution is 5.96. The van der Waals surface area contributed by atoms with Crippen LogP contribution in [0.4, 0.5) is 5.69 Å². The number of hydrogen-bond donors (Lipinski definition) is 5. The Morgan fingerprint density at radius 3 is 2.16 bits per heavy atom.